The molecule has 0 bridgehead atoms. The predicted molar refractivity (Wildman–Crippen MR) is 107 cm³/mol. The molecule has 0 spiro atoms. The first-order valence-electron chi connectivity index (χ1n) is 8.72. The van der Waals surface area contributed by atoms with E-state index in [4.69, 9.17) is 27.9 Å². The van der Waals surface area contributed by atoms with E-state index in [2.05, 4.69) is 17.4 Å². The van der Waals surface area contributed by atoms with Crippen molar-refractivity contribution < 1.29 is 9.53 Å². The Kier molecular flexibility index (Phi) is 6.28. The van der Waals surface area contributed by atoms with E-state index in [1.807, 2.05) is 17.0 Å². The second-order valence-electron chi connectivity index (χ2n) is 6.47. The zero-order valence-electron chi connectivity index (χ0n) is 14.7. The van der Waals surface area contributed by atoms with E-state index in [0.717, 1.165) is 31.6 Å². The van der Waals surface area contributed by atoms with Gasteiger partial charge in [0.2, 0.25) is 0 Å². The maximum Gasteiger partial charge on any atom is 0.321 e. The van der Waals surface area contributed by atoms with Crippen LogP contribution < -0.4 is 10.1 Å². The average Bonchev–Trinajstić information content (AvgIpc) is 2.91. The molecule has 26 heavy (non-hydrogen) atoms. The summed E-state index contributed by atoms with van der Waals surface area (Å²) in [5, 5.41) is 3.82. The average molecular weight is 393 g/mol. The lowest BCUT2D eigenvalue weighted by molar-refractivity contribution is 0.211. The molecule has 4 nitrogen and oxygen atoms in total. The van der Waals surface area contributed by atoms with E-state index >= 15 is 0 Å². The second kappa shape index (κ2) is 8.65. The van der Waals surface area contributed by atoms with Gasteiger partial charge in [-0.05, 0) is 48.7 Å². The number of carbonyl (C=O) groups is 1. The zero-order valence-corrected chi connectivity index (χ0v) is 16.2. The van der Waals surface area contributed by atoms with Gasteiger partial charge in [-0.15, -0.1) is 0 Å². The van der Waals surface area contributed by atoms with E-state index in [1.54, 1.807) is 25.3 Å². The molecule has 0 aromatic heterocycles. The fraction of sp³-hybridized carbons (Fsp3) is 0.350. The predicted octanol–water partition coefficient (Wildman–Crippen LogP) is 5.80. The van der Waals surface area contributed by atoms with Crippen LogP contribution in [0.15, 0.2) is 42.5 Å². The number of urea groups is 1. The molecule has 2 aromatic rings. The monoisotopic (exact) mass is 392 g/mol. The minimum atomic E-state index is -0.108. The largest absolute Gasteiger partial charge is 0.497 e. The van der Waals surface area contributed by atoms with Crippen molar-refractivity contribution in [2.75, 3.05) is 25.5 Å². The van der Waals surface area contributed by atoms with Gasteiger partial charge >= 0.3 is 6.03 Å². The van der Waals surface area contributed by atoms with Crippen molar-refractivity contribution in [1.29, 1.82) is 0 Å². The quantitative estimate of drug-likeness (QED) is 0.716. The molecule has 0 radical (unpaired) electrons. The Hall–Kier alpha value is -1.91. The Morgan fingerprint density at radius 1 is 1.12 bits per heavy atom. The van der Waals surface area contributed by atoms with Gasteiger partial charge in [-0.25, -0.2) is 4.79 Å². The van der Waals surface area contributed by atoms with Crippen LogP contribution in [0.5, 0.6) is 5.75 Å². The molecule has 0 aliphatic carbocycles. The molecule has 1 atom stereocenters. The van der Waals surface area contributed by atoms with Crippen LogP contribution in [0.1, 0.15) is 30.7 Å². The molecule has 1 unspecified atom stereocenters. The summed E-state index contributed by atoms with van der Waals surface area (Å²) in [6, 6.07) is 13.1. The summed E-state index contributed by atoms with van der Waals surface area (Å²) < 4.78 is 5.23. The topological polar surface area (TPSA) is 41.6 Å². The summed E-state index contributed by atoms with van der Waals surface area (Å²) in [6.45, 7) is 1.44. The smallest absolute Gasteiger partial charge is 0.321 e. The van der Waals surface area contributed by atoms with E-state index in [0.29, 0.717) is 28.2 Å². The first-order chi connectivity index (χ1) is 12.6. The van der Waals surface area contributed by atoms with Gasteiger partial charge in [0.15, 0.2) is 0 Å². The number of rotatable bonds is 3. The molecule has 2 aromatic carbocycles. The molecule has 1 aliphatic heterocycles. The molecule has 2 amide bonds. The zero-order chi connectivity index (χ0) is 18.5. The van der Waals surface area contributed by atoms with E-state index in [9.17, 15) is 4.79 Å². The number of anilines is 1. The van der Waals surface area contributed by atoms with E-state index in [-0.39, 0.29) is 6.03 Å². The summed E-state index contributed by atoms with van der Waals surface area (Å²) in [4.78, 5) is 14.6. The maximum absolute atomic E-state index is 12.7. The number of hydrogen-bond acceptors (Lipinski definition) is 2. The first kappa shape index (κ1) is 18.9. The van der Waals surface area contributed by atoms with E-state index < -0.39 is 0 Å². The summed E-state index contributed by atoms with van der Waals surface area (Å²) in [5.74, 6) is 1.17. The van der Waals surface area contributed by atoms with Crippen LogP contribution in [0, 0.1) is 0 Å². The summed E-state index contributed by atoms with van der Waals surface area (Å²) >= 11 is 12.0. The molecule has 3 rings (SSSR count). The van der Waals surface area contributed by atoms with Crippen molar-refractivity contribution in [2.45, 2.75) is 25.2 Å². The van der Waals surface area contributed by atoms with Crippen LogP contribution in [0.25, 0.3) is 0 Å². The minimum absolute atomic E-state index is 0.108. The van der Waals surface area contributed by atoms with E-state index in [1.165, 1.54) is 5.56 Å². The van der Waals surface area contributed by atoms with Gasteiger partial charge in [0, 0.05) is 24.7 Å². The number of ether oxygens (including phenoxy) is 1. The Morgan fingerprint density at radius 2 is 1.88 bits per heavy atom. The standard InChI is InChI=1S/C20H22Cl2N2O2/c1-26-17-8-5-14(6-9-17)15-4-2-3-11-24(13-15)20(25)23-16-7-10-18(21)19(22)12-16/h5-10,12,15H,2-4,11,13H2,1H3,(H,23,25). The van der Waals surface area contributed by atoms with Gasteiger partial charge in [0.25, 0.3) is 0 Å². The highest BCUT2D eigenvalue weighted by atomic mass is 35.5. The fourth-order valence-electron chi connectivity index (χ4n) is 3.25. The lowest BCUT2D eigenvalue weighted by atomic mass is 9.94. The molecular formula is C20H22Cl2N2O2. The van der Waals surface area contributed by atoms with Crippen LogP contribution in [-0.4, -0.2) is 31.1 Å². The van der Waals surface area contributed by atoms with Gasteiger partial charge in [0.05, 0.1) is 17.2 Å². The molecule has 138 valence electrons. The van der Waals surface area contributed by atoms with Gasteiger partial charge in [-0.2, -0.15) is 0 Å². The van der Waals surface area contributed by atoms with Gasteiger partial charge in [-0.1, -0.05) is 41.8 Å². The third kappa shape index (κ3) is 4.63. The first-order valence-corrected chi connectivity index (χ1v) is 9.47. The minimum Gasteiger partial charge on any atom is -0.497 e. The Labute approximate surface area is 164 Å². The number of benzene rings is 2. The molecular weight excluding hydrogens is 371 g/mol. The Morgan fingerprint density at radius 3 is 2.58 bits per heavy atom. The van der Waals surface area contributed by atoms with Crippen LogP contribution in [0.3, 0.4) is 0 Å². The number of carbonyl (C=O) groups excluding carboxylic acids is 1. The molecule has 1 heterocycles. The van der Waals surface area contributed by atoms with Crippen LogP contribution in [-0.2, 0) is 0 Å². The van der Waals surface area contributed by atoms with Crippen molar-refractivity contribution in [1.82, 2.24) is 4.90 Å². The fourth-order valence-corrected chi connectivity index (χ4v) is 3.55. The highest BCUT2D eigenvalue weighted by Crippen LogP contribution is 2.29. The number of likely N-dealkylation sites (tertiary alicyclic amines) is 1. The second-order valence-corrected chi connectivity index (χ2v) is 7.29. The normalized spacial score (nSPS) is 17.5. The third-order valence-corrected chi connectivity index (χ3v) is 5.46. The molecule has 1 fully saturated rings. The molecule has 1 saturated heterocycles. The summed E-state index contributed by atoms with van der Waals surface area (Å²) in [6.07, 6.45) is 3.18. The van der Waals surface area contributed by atoms with Crippen molar-refractivity contribution in [2.24, 2.45) is 0 Å². The van der Waals surface area contributed by atoms with Gasteiger partial charge in [-0.3, -0.25) is 0 Å². The van der Waals surface area contributed by atoms with Gasteiger partial charge in [0.1, 0.15) is 5.75 Å². The number of nitrogens with zero attached hydrogens (tertiary/aromatic N) is 1. The lowest BCUT2D eigenvalue weighted by Gasteiger charge is -2.25. The van der Waals surface area contributed by atoms with Crippen molar-refractivity contribution in [3.63, 3.8) is 0 Å². The highest BCUT2D eigenvalue weighted by Gasteiger charge is 2.23. The number of methoxy groups -OCH3 is 1. The van der Waals surface area contributed by atoms with Crippen molar-refractivity contribution in [3.8, 4) is 5.75 Å². The number of halogens is 2. The van der Waals surface area contributed by atoms with Crippen molar-refractivity contribution in [3.05, 3.63) is 58.1 Å². The summed E-state index contributed by atoms with van der Waals surface area (Å²) in [5.41, 5.74) is 1.88. The molecule has 0 saturated carbocycles. The summed E-state index contributed by atoms with van der Waals surface area (Å²) in [7, 11) is 1.66. The lowest BCUT2D eigenvalue weighted by Crippen LogP contribution is -2.37. The SMILES string of the molecule is COc1ccc(C2CCCCN(C(=O)Nc3ccc(Cl)c(Cl)c3)C2)cc1. The van der Waals surface area contributed by atoms with Crippen molar-refractivity contribution >= 4 is 34.9 Å². The molecule has 1 aliphatic rings. The Balaban J connectivity index is 1.69. The van der Waals surface area contributed by atoms with Crippen LogP contribution in [0.4, 0.5) is 10.5 Å². The highest BCUT2D eigenvalue weighted by molar-refractivity contribution is 6.42. The van der Waals surface area contributed by atoms with Crippen LogP contribution in [0.2, 0.25) is 10.0 Å². The maximum atomic E-state index is 12.7. The van der Waals surface area contributed by atoms with Gasteiger partial charge < -0.3 is 15.0 Å². The number of amides is 2. The third-order valence-electron chi connectivity index (χ3n) is 4.72. The molecule has 1 N–H and O–H groups in total. The molecule has 6 heteroatoms. The number of nitrogens with one attached hydrogen (secondary N) is 1. The Bertz CT molecular complexity index is 765. The number of hydrogen-bond donors (Lipinski definition) is 1. The van der Waals surface area contributed by atoms with Crippen LogP contribution >= 0.6 is 23.2 Å².